The van der Waals surface area contributed by atoms with Gasteiger partial charge in [0, 0.05) is 28.8 Å². The molecule has 48 heavy (non-hydrogen) atoms. The quantitative estimate of drug-likeness (QED) is 0.0806. The first kappa shape index (κ1) is 37.1. The van der Waals surface area contributed by atoms with Crippen molar-refractivity contribution >= 4 is 37.8 Å². The van der Waals surface area contributed by atoms with E-state index in [1.54, 1.807) is 7.11 Å². The van der Waals surface area contributed by atoms with Crippen LogP contribution in [0.2, 0.25) is 0 Å². The maximum absolute atomic E-state index is 13.5. The molecular formula is C33H41F5O8S2. The number of benzene rings is 2. The van der Waals surface area contributed by atoms with Gasteiger partial charge in [0.1, 0.15) is 23.9 Å². The minimum Gasteiger partial charge on any atom is -0.743 e. The maximum Gasteiger partial charge on any atom is 0.432 e. The summed E-state index contributed by atoms with van der Waals surface area (Å²) in [7, 11) is -4.57. The van der Waals surface area contributed by atoms with Gasteiger partial charge >= 0.3 is 17.4 Å². The molecule has 7 rings (SSSR count). The van der Waals surface area contributed by atoms with Crippen LogP contribution in [0, 0.1) is 23.2 Å². The lowest BCUT2D eigenvalue weighted by Gasteiger charge is -2.55. The third-order valence-electron chi connectivity index (χ3n) is 9.74. The number of hydrogen-bond acceptors (Lipinski definition) is 8. The molecule has 0 radical (unpaired) electrons. The first-order chi connectivity index (χ1) is 22.6. The third-order valence-corrected chi connectivity index (χ3v) is 13.2. The van der Waals surface area contributed by atoms with E-state index in [4.69, 9.17) is 14.2 Å². The molecule has 2 aromatic rings. The predicted octanol–water partition coefficient (Wildman–Crippen LogP) is 6.47. The molecule has 1 saturated heterocycles. The second kappa shape index (κ2) is 15.0. The van der Waals surface area contributed by atoms with E-state index < -0.39 is 39.0 Å². The summed E-state index contributed by atoms with van der Waals surface area (Å²) >= 11 is 0. The molecule has 1 atom stereocenters. The SMILES string of the molecule is COCCOCCOc1ccc([S+]2CCCC2)c2ccccc12.O=C(OC(C(F)(F)F)C(F)(F)S(=O)(=O)[O-])C12CC3CC(CC(C3)C1)C2. The summed E-state index contributed by atoms with van der Waals surface area (Å²) in [5, 5.41) is -3.21. The molecule has 0 spiro atoms. The van der Waals surface area contributed by atoms with Crippen LogP contribution < -0.4 is 4.74 Å². The standard InChI is InChI=1S/C19H25O3S.C14H17F5O5S/c1-20-10-11-21-12-13-22-18-8-9-19(23-14-4-5-15-23)17-7-3-2-6-16(17)18;15-13(16,17)10(14(18,19)25(21,22)23)24-11(20)12-4-7-1-8(5-12)3-9(2-7)6-12/h2-3,6-9H,4-5,10-15H2,1H3;7-10H,1-6H2,(H,21,22,23)/q+1;/p-1. The highest BCUT2D eigenvalue weighted by Crippen LogP contribution is 2.60. The van der Waals surface area contributed by atoms with E-state index in [0.717, 1.165) is 25.0 Å². The van der Waals surface area contributed by atoms with Crippen LogP contribution in [-0.2, 0) is 40.0 Å². The summed E-state index contributed by atoms with van der Waals surface area (Å²) in [5.41, 5.74) is -1.29. The number of esters is 1. The summed E-state index contributed by atoms with van der Waals surface area (Å²) < 4.78 is 118. The molecule has 1 heterocycles. The Morgan fingerprint density at radius 3 is 2.00 bits per heavy atom. The normalized spacial score (nSPS) is 26.3. The van der Waals surface area contributed by atoms with E-state index in [2.05, 4.69) is 41.1 Å². The molecule has 5 fully saturated rings. The number of halogens is 5. The number of fused-ring (bicyclic) bond motifs is 1. The van der Waals surface area contributed by atoms with Crippen LogP contribution in [0.25, 0.3) is 10.8 Å². The average molecular weight is 725 g/mol. The number of carbonyl (C=O) groups is 1. The van der Waals surface area contributed by atoms with E-state index in [0.29, 0.717) is 37.3 Å². The first-order valence-corrected chi connectivity index (χ1v) is 19.1. The molecule has 0 aromatic heterocycles. The maximum atomic E-state index is 13.5. The van der Waals surface area contributed by atoms with Gasteiger partial charge in [0.25, 0.3) is 6.10 Å². The number of ether oxygens (including phenoxy) is 4. The molecule has 8 nitrogen and oxygen atoms in total. The van der Waals surface area contributed by atoms with E-state index in [-0.39, 0.29) is 37.0 Å². The molecule has 2 aromatic carbocycles. The van der Waals surface area contributed by atoms with Crippen LogP contribution in [0.3, 0.4) is 0 Å². The highest BCUT2D eigenvalue weighted by molar-refractivity contribution is 7.97. The number of alkyl halides is 5. The van der Waals surface area contributed by atoms with Gasteiger partial charge in [-0.3, -0.25) is 4.79 Å². The summed E-state index contributed by atoms with van der Waals surface area (Å²) in [6, 6.07) is 13.0. The number of hydrogen-bond donors (Lipinski definition) is 0. The van der Waals surface area contributed by atoms with E-state index in [1.807, 2.05) is 0 Å². The minimum absolute atomic E-state index is 0.131. The molecular weight excluding hydrogens is 683 g/mol. The molecule has 4 saturated carbocycles. The number of carbonyl (C=O) groups excluding carboxylic acids is 1. The predicted molar refractivity (Wildman–Crippen MR) is 168 cm³/mol. The Kier molecular flexibility index (Phi) is 11.6. The lowest BCUT2D eigenvalue weighted by Crippen LogP contribution is -2.56. The van der Waals surface area contributed by atoms with Gasteiger partial charge in [0.2, 0.25) is 0 Å². The summed E-state index contributed by atoms with van der Waals surface area (Å²) in [6.07, 6.45) is -4.17. The second-order valence-corrected chi connectivity index (χ2v) is 16.9. The Balaban J connectivity index is 0.000000188. The molecule has 268 valence electrons. The van der Waals surface area contributed by atoms with E-state index in [9.17, 15) is 39.7 Å². The van der Waals surface area contributed by atoms with E-state index >= 15 is 0 Å². The van der Waals surface area contributed by atoms with Crippen molar-refractivity contribution in [2.45, 2.75) is 73.8 Å². The zero-order chi connectivity index (χ0) is 34.7. The highest BCUT2D eigenvalue weighted by Gasteiger charge is 2.65. The Bertz CT molecular complexity index is 1490. The Morgan fingerprint density at radius 1 is 0.896 bits per heavy atom. The van der Waals surface area contributed by atoms with Gasteiger partial charge in [0.05, 0.1) is 25.2 Å². The molecule has 5 aliphatic rings. The van der Waals surface area contributed by atoms with Crippen molar-refractivity contribution in [1.29, 1.82) is 0 Å². The number of methoxy groups -OCH3 is 1. The van der Waals surface area contributed by atoms with Crippen molar-refractivity contribution < 1.29 is 58.7 Å². The van der Waals surface area contributed by atoms with Crippen molar-refractivity contribution in [2.24, 2.45) is 23.2 Å². The summed E-state index contributed by atoms with van der Waals surface area (Å²) in [4.78, 5) is 13.9. The number of rotatable bonds is 12. The lowest BCUT2D eigenvalue weighted by atomic mass is 9.49. The highest BCUT2D eigenvalue weighted by atomic mass is 32.2. The topological polar surface area (TPSA) is 111 Å². The van der Waals surface area contributed by atoms with Gasteiger partial charge < -0.3 is 23.5 Å². The van der Waals surface area contributed by atoms with Gasteiger partial charge in [-0.25, -0.2) is 8.42 Å². The van der Waals surface area contributed by atoms with Crippen molar-refractivity contribution in [3.8, 4) is 5.75 Å². The average Bonchev–Trinajstić information content (AvgIpc) is 3.55. The van der Waals surface area contributed by atoms with Crippen LogP contribution in [0.4, 0.5) is 22.0 Å². The van der Waals surface area contributed by atoms with Crippen LogP contribution in [0.5, 0.6) is 5.75 Å². The van der Waals surface area contributed by atoms with Crippen LogP contribution in [0.1, 0.15) is 51.4 Å². The smallest absolute Gasteiger partial charge is 0.432 e. The zero-order valence-corrected chi connectivity index (χ0v) is 28.3. The second-order valence-electron chi connectivity index (χ2n) is 13.2. The fourth-order valence-electron chi connectivity index (χ4n) is 8.00. The minimum atomic E-state index is -6.67. The Labute approximate surface area is 280 Å². The molecule has 1 aliphatic heterocycles. The lowest BCUT2D eigenvalue weighted by molar-refractivity contribution is -0.266. The molecule has 4 bridgehead atoms. The van der Waals surface area contributed by atoms with Crippen molar-refractivity contribution in [2.75, 3.05) is 45.0 Å². The van der Waals surface area contributed by atoms with E-state index in [1.165, 1.54) is 40.0 Å². The van der Waals surface area contributed by atoms with Gasteiger partial charge in [0.15, 0.2) is 15.0 Å². The fraction of sp³-hybridized carbons (Fsp3) is 0.667. The van der Waals surface area contributed by atoms with Gasteiger partial charge in [-0.1, -0.05) is 18.2 Å². The van der Waals surface area contributed by atoms with Gasteiger partial charge in [-0.05, 0) is 87.3 Å². The fourth-order valence-corrected chi connectivity index (χ4v) is 10.9. The molecule has 0 amide bonds. The van der Waals surface area contributed by atoms with Crippen LogP contribution in [-0.4, -0.2) is 81.5 Å². The zero-order valence-electron chi connectivity index (χ0n) is 26.6. The molecule has 15 heteroatoms. The van der Waals surface area contributed by atoms with Gasteiger partial charge in [-0.15, -0.1) is 0 Å². The van der Waals surface area contributed by atoms with Crippen molar-refractivity contribution in [1.82, 2.24) is 0 Å². The van der Waals surface area contributed by atoms with Crippen LogP contribution >= 0.6 is 0 Å². The largest absolute Gasteiger partial charge is 0.743 e. The Morgan fingerprint density at radius 2 is 1.46 bits per heavy atom. The summed E-state index contributed by atoms with van der Waals surface area (Å²) in [5.74, 6) is 2.57. The van der Waals surface area contributed by atoms with Gasteiger partial charge in [-0.2, -0.15) is 22.0 Å². The monoisotopic (exact) mass is 724 g/mol. The molecule has 4 aliphatic carbocycles. The molecule has 0 N–H and O–H groups in total. The van der Waals surface area contributed by atoms with Crippen molar-refractivity contribution in [3.05, 3.63) is 36.4 Å². The molecule has 1 unspecified atom stereocenters. The van der Waals surface area contributed by atoms with Crippen LogP contribution in [0.15, 0.2) is 41.3 Å². The van der Waals surface area contributed by atoms with Crippen molar-refractivity contribution in [3.63, 3.8) is 0 Å². The Hall–Kier alpha value is -2.20. The first-order valence-electron chi connectivity index (χ1n) is 16.1. The summed E-state index contributed by atoms with van der Waals surface area (Å²) in [6.45, 7) is 2.39. The third kappa shape index (κ3) is 8.22.